The van der Waals surface area contributed by atoms with Crippen molar-refractivity contribution < 1.29 is 19.2 Å². The number of anilines is 1. The van der Waals surface area contributed by atoms with E-state index in [-0.39, 0.29) is 34.6 Å². The van der Waals surface area contributed by atoms with Gasteiger partial charge in [0.2, 0.25) is 5.13 Å². The molecule has 0 aliphatic heterocycles. The normalized spacial score (nSPS) is 11.0. The quantitative estimate of drug-likeness (QED) is 0.437. The van der Waals surface area contributed by atoms with Gasteiger partial charge in [0.1, 0.15) is 10.6 Å². The molecule has 0 bridgehead atoms. The third-order valence-electron chi connectivity index (χ3n) is 4.29. The molecule has 10 heteroatoms. The van der Waals surface area contributed by atoms with Crippen molar-refractivity contribution >= 4 is 28.1 Å². The molecule has 0 atom stereocenters. The third-order valence-corrected chi connectivity index (χ3v) is 5.29. The highest BCUT2D eigenvalue weighted by atomic mass is 32.1. The number of aromatic nitrogens is 2. The van der Waals surface area contributed by atoms with Gasteiger partial charge in [0, 0.05) is 12.0 Å². The Bertz CT molecular complexity index is 864. The fourth-order valence-electron chi connectivity index (χ4n) is 2.66. The summed E-state index contributed by atoms with van der Waals surface area (Å²) >= 11 is 1.27. The highest BCUT2D eigenvalue weighted by Gasteiger charge is 2.26. The topological polar surface area (TPSA) is 116 Å². The van der Waals surface area contributed by atoms with E-state index in [2.05, 4.69) is 29.4 Å². The number of benzene rings is 1. The van der Waals surface area contributed by atoms with Crippen LogP contribution < -0.4 is 14.8 Å². The molecule has 2 rings (SSSR count). The minimum atomic E-state index is -0.655. The molecule has 1 amide bonds. The van der Waals surface area contributed by atoms with E-state index in [0.717, 1.165) is 17.8 Å². The van der Waals surface area contributed by atoms with E-state index in [1.54, 1.807) is 0 Å². The number of nitro groups is 1. The summed E-state index contributed by atoms with van der Waals surface area (Å²) in [6, 6.07) is 2.53. The van der Waals surface area contributed by atoms with Crippen molar-refractivity contribution in [3.8, 4) is 11.5 Å². The van der Waals surface area contributed by atoms with Crippen molar-refractivity contribution in [2.75, 3.05) is 19.0 Å². The van der Waals surface area contributed by atoms with Gasteiger partial charge in [-0.1, -0.05) is 39.0 Å². The van der Waals surface area contributed by atoms with Crippen LogP contribution >= 0.6 is 11.3 Å². The summed E-state index contributed by atoms with van der Waals surface area (Å²) in [5.41, 5.74) is -0.505. The summed E-state index contributed by atoms with van der Waals surface area (Å²) in [6.07, 6.45) is 1.83. The number of hydrogen-bond acceptors (Lipinski definition) is 8. The molecular weight excluding hydrogens is 396 g/mol. The van der Waals surface area contributed by atoms with Crippen LogP contribution in [-0.2, 0) is 0 Å². The molecule has 158 valence electrons. The fraction of sp³-hybridized carbons (Fsp3) is 0.526. The van der Waals surface area contributed by atoms with E-state index >= 15 is 0 Å². The lowest BCUT2D eigenvalue weighted by Gasteiger charge is -2.13. The molecule has 0 aliphatic carbocycles. The van der Waals surface area contributed by atoms with E-state index in [1.807, 2.05) is 13.8 Å². The molecule has 1 aromatic carbocycles. The van der Waals surface area contributed by atoms with Crippen molar-refractivity contribution in [2.45, 2.75) is 46.5 Å². The smallest absolute Gasteiger partial charge is 0.286 e. The number of amides is 1. The first-order valence-electron chi connectivity index (χ1n) is 9.44. The molecule has 1 aromatic heterocycles. The lowest BCUT2D eigenvalue weighted by molar-refractivity contribution is -0.385. The zero-order valence-corrected chi connectivity index (χ0v) is 18.0. The van der Waals surface area contributed by atoms with Gasteiger partial charge >= 0.3 is 0 Å². The van der Waals surface area contributed by atoms with Crippen LogP contribution in [0.5, 0.6) is 11.5 Å². The molecule has 2 aromatic rings. The molecule has 0 spiro atoms. The van der Waals surface area contributed by atoms with Gasteiger partial charge in [-0.2, -0.15) is 0 Å². The van der Waals surface area contributed by atoms with E-state index in [9.17, 15) is 14.9 Å². The van der Waals surface area contributed by atoms with Crippen molar-refractivity contribution in [3.63, 3.8) is 0 Å². The van der Waals surface area contributed by atoms with Crippen molar-refractivity contribution in [3.05, 3.63) is 32.8 Å². The summed E-state index contributed by atoms with van der Waals surface area (Å²) in [4.78, 5) is 23.7. The minimum Gasteiger partial charge on any atom is -0.493 e. The van der Waals surface area contributed by atoms with Gasteiger partial charge in [0.25, 0.3) is 11.6 Å². The molecular formula is C19H26N4O5S. The molecule has 0 saturated heterocycles. The molecule has 0 aliphatic rings. The standard InChI is InChI=1S/C19H26N4O5S/c1-6-12(7-2)18-21-22-19(29-18)20-17(24)13-8-15(27-5)16(28-10-11(3)4)9-14(13)23(25)26/h8-9,11-12H,6-7,10H2,1-5H3,(H,20,22,24). The Morgan fingerprint density at radius 1 is 1.24 bits per heavy atom. The summed E-state index contributed by atoms with van der Waals surface area (Å²) in [6.45, 7) is 8.41. The second-order valence-corrected chi connectivity index (χ2v) is 7.90. The van der Waals surface area contributed by atoms with E-state index in [0.29, 0.717) is 11.7 Å². The van der Waals surface area contributed by atoms with Gasteiger partial charge in [0.15, 0.2) is 11.5 Å². The molecule has 0 saturated carbocycles. The first kappa shape index (κ1) is 22.5. The maximum atomic E-state index is 12.7. The maximum absolute atomic E-state index is 12.7. The van der Waals surface area contributed by atoms with Crippen LogP contribution in [0.25, 0.3) is 0 Å². The average molecular weight is 423 g/mol. The molecule has 1 heterocycles. The SMILES string of the molecule is CCC(CC)c1nnc(NC(=O)c2cc(OC)c(OCC(C)C)cc2[N+](=O)[O-])s1. The molecule has 0 fully saturated rings. The Morgan fingerprint density at radius 3 is 2.48 bits per heavy atom. The minimum absolute atomic E-state index is 0.136. The van der Waals surface area contributed by atoms with Gasteiger partial charge in [-0.05, 0) is 18.8 Å². The van der Waals surface area contributed by atoms with Crippen LogP contribution in [-0.4, -0.2) is 34.7 Å². The number of ether oxygens (including phenoxy) is 2. The lowest BCUT2D eigenvalue weighted by Crippen LogP contribution is -2.15. The second-order valence-electron chi connectivity index (χ2n) is 6.90. The van der Waals surface area contributed by atoms with Crippen LogP contribution in [0.3, 0.4) is 0 Å². The van der Waals surface area contributed by atoms with E-state index in [4.69, 9.17) is 9.47 Å². The zero-order chi connectivity index (χ0) is 21.6. The van der Waals surface area contributed by atoms with Gasteiger partial charge in [0.05, 0.1) is 24.7 Å². The summed E-state index contributed by atoms with van der Waals surface area (Å²) in [5, 5.41) is 23.4. The maximum Gasteiger partial charge on any atom is 0.286 e. The number of hydrogen-bond donors (Lipinski definition) is 1. The largest absolute Gasteiger partial charge is 0.493 e. The number of rotatable bonds is 10. The highest BCUT2D eigenvalue weighted by Crippen LogP contribution is 2.36. The molecule has 1 N–H and O–H groups in total. The Morgan fingerprint density at radius 2 is 1.93 bits per heavy atom. The van der Waals surface area contributed by atoms with Crippen LogP contribution in [0.1, 0.15) is 61.8 Å². The fourth-order valence-corrected chi connectivity index (χ4v) is 3.67. The van der Waals surface area contributed by atoms with Crippen molar-refractivity contribution in [1.29, 1.82) is 0 Å². The van der Waals surface area contributed by atoms with Crippen molar-refractivity contribution in [1.82, 2.24) is 10.2 Å². The predicted octanol–water partition coefficient (Wildman–Crippen LogP) is 4.65. The first-order chi connectivity index (χ1) is 13.8. The lowest BCUT2D eigenvalue weighted by atomic mass is 10.1. The monoisotopic (exact) mass is 422 g/mol. The van der Waals surface area contributed by atoms with Crippen molar-refractivity contribution in [2.24, 2.45) is 5.92 Å². The highest BCUT2D eigenvalue weighted by molar-refractivity contribution is 7.15. The number of nitrogens with zero attached hydrogens (tertiary/aromatic N) is 3. The average Bonchev–Trinajstić information content (AvgIpc) is 3.14. The van der Waals surface area contributed by atoms with Gasteiger partial charge < -0.3 is 9.47 Å². The summed E-state index contributed by atoms with van der Waals surface area (Å²) < 4.78 is 10.9. The first-order valence-corrected chi connectivity index (χ1v) is 10.3. The van der Waals surface area contributed by atoms with Gasteiger partial charge in [-0.3, -0.25) is 20.2 Å². The summed E-state index contributed by atoms with van der Waals surface area (Å²) in [5.74, 6) is 0.304. The van der Waals surface area contributed by atoms with Crippen LogP contribution in [0.15, 0.2) is 12.1 Å². The van der Waals surface area contributed by atoms with Crippen LogP contribution in [0.2, 0.25) is 0 Å². The van der Waals surface area contributed by atoms with Gasteiger partial charge in [-0.25, -0.2) is 0 Å². The Labute approximate surface area is 173 Å². The number of carbonyl (C=O) groups excluding carboxylic acids is 1. The molecule has 0 radical (unpaired) electrons. The van der Waals surface area contributed by atoms with Crippen LogP contribution in [0, 0.1) is 16.0 Å². The zero-order valence-electron chi connectivity index (χ0n) is 17.2. The number of carbonyl (C=O) groups is 1. The number of nitrogens with one attached hydrogen (secondary N) is 1. The molecule has 0 unspecified atom stereocenters. The predicted molar refractivity (Wildman–Crippen MR) is 111 cm³/mol. The second kappa shape index (κ2) is 10.1. The Kier molecular flexibility index (Phi) is 7.89. The number of methoxy groups -OCH3 is 1. The van der Waals surface area contributed by atoms with E-state index in [1.165, 1.54) is 30.6 Å². The molecule has 29 heavy (non-hydrogen) atoms. The molecule has 9 nitrogen and oxygen atoms in total. The Balaban J connectivity index is 2.32. The summed E-state index contributed by atoms with van der Waals surface area (Å²) in [7, 11) is 1.41. The number of nitro benzene ring substituents is 1. The van der Waals surface area contributed by atoms with Crippen LogP contribution in [0.4, 0.5) is 10.8 Å². The third kappa shape index (κ3) is 5.63. The van der Waals surface area contributed by atoms with E-state index < -0.39 is 10.8 Å². The van der Waals surface area contributed by atoms with Gasteiger partial charge in [-0.15, -0.1) is 10.2 Å². The Hall–Kier alpha value is -2.75.